The predicted octanol–water partition coefficient (Wildman–Crippen LogP) is 13.6. The van der Waals surface area contributed by atoms with Crippen LogP contribution in [0.3, 0.4) is 0 Å². The van der Waals surface area contributed by atoms with Crippen molar-refractivity contribution >= 4 is 87.1 Å². The van der Waals surface area contributed by atoms with Gasteiger partial charge in [-0.2, -0.15) is 9.97 Å². The van der Waals surface area contributed by atoms with Crippen molar-refractivity contribution in [3.05, 3.63) is 188 Å². The van der Waals surface area contributed by atoms with Crippen LogP contribution in [0.25, 0.3) is 122 Å². The molecule has 0 aliphatic carbocycles. The van der Waals surface area contributed by atoms with Gasteiger partial charge in [-0.25, -0.2) is 4.98 Å². The van der Waals surface area contributed by atoms with E-state index in [1.54, 1.807) is 0 Å². The Labute approximate surface area is 336 Å². The molecule has 0 aliphatic heterocycles. The molecule has 274 valence electrons. The average Bonchev–Trinajstić information content (AvgIpc) is 3.95. The van der Waals surface area contributed by atoms with Crippen LogP contribution in [0.2, 0.25) is 0 Å². The van der Waals surface area contributed by atoms with Crippen molar-refractivity contribution in [1.82, 2.24) is 24.1 Å². The molecule has 13 aromatic rings. The lowest BCUT2D eigenvalue weighted by Crippen LogP contribution is -2.08. The minimum Gasteiger partial charge on any atom is -0.455 e. The third-order valence-corrected chi connectivity index (χ3v) is 11.9. The lowest BCUT2D eigenvalue weighted by molar-refractivity contribution is 0.669. The third-order valence-electron chi connectivity index (χ3n) is 11.9. The minimum atomic E-state index is 0.520. The van der Waals surface area contributed by atoms with Gasteiger partial charge in [0.05, 0.1) is 33.3 Å². The molecule has 0 N–H and O–H groups in total. The Hall–Kier alpha value is -8.09. The van der Waals surface area contributed by atoms with Crippen LogP contribution in [0.4, 0.5) is 0 Å². The van der Waals surface area contributed by atoms with Crippen LogP contribution in [-0.2, 0) is 0 Å². The average molecular weight is 754 g/mol. The Morgan fingerprint density at radius 2 is 0.915 bits per heavy atom. The highest BCUT2D eigenvalue weighted by Gasteiger charge is 2.25. The molecule has 0 aliphatic rings. The molecule has 0 fully saturated rings. The van der Waals surface area contributed by atoms with Crippen LogP contribution in [0.5, 0.6) is 0 Å². The molecular weight excluding hydrogens is 723 g/mol. The summed E-state index contributed by atoms with van der Waals surface area (Å²) in [5.41, 5.74) is 8.35. The molecule has 0 saturated carbocycles. The van der Waals surface area contributed by atoms with E-state index in [0.29, 0.717) is 17.6 Å². The maximum Gasteiger partial charge on any atom is 0.238 e. The number of furan rings is 1. The molecule has 0 bridgehead atoms. The van der Waals surface area contributed by atoms with E-state index in [1.807, 2.05) is 12.1 Å². The Kier molecular flexibility index (Phi) is 6.63. The van der Waals surface area contributed by atoms with Gasteiger partial charge in [0.2, 0.25) is 5.95 Å². The number of nitrogens with zero attached hydrogens (tertiary/aromatic N) is 5. The summed E-state index contributed by atoms with van der Waals surface area (Å²) in [6.07, 6.45) is 0. The predicted molar refractivity (Wildman–Crippen MR) is 242 cm³/mol. The van der Waals surface area contributed by atoms with Crippen molar-refractivity contribution in [2.45, 2.75) is 0 Å². The van der Waals surface area contributed by atoms with Gasteiger partial charge in [-0.3, -0.25) is 4.57 Å². The summed E-state index contributed by atoms with van der Waals surface area (Å²) in [6.45, 7) is 0. The molecule has 0 atom stereocenters. The van der Waals surface area contributed by atoms with Crippen molar-refractivity contribution in [1.29, 1.82) is 0 Å². The second-order valence-electron chi connectivity index (χ2n) is 15.2. The first-order valence-corrected chi connectivity index (χ1v) is 19.9. The third kappa shape index (κ3) is 4.71. The van der Waals surface area contributed by atoms with Gasteiger partial charge in [-0.05, 0) is 76.1 Å². The summed E-state index contributed by atoms with van der Waals surface area (Å²) in [7, 11) is 0. The van der Waals surface area contributed by atoms with Gasteiger partial charge in [0.25, 0.3) is 0 Å². The van der Waals surface area contributed by atoms with Gasteiger partial charge in [0.15, 0.2) is 11.6 Å². The molecule has 6 nitrogen and oxygen atoms in total. The zero-order valence-electron chi connectivity index (χ0n) is 31.5. The Morgan fingerprint density at radius 3 is 1.64 bits per heavy atom. The SMILES string of the molecule is c1ccc2cc(-c3nc(-c4c(-n5c6ccccc6c6cc7ccccc7cc65)ccc5c4oc4ccccc45)nc(-n4c5ccccc5c5ccccc54)n3)ccc2c1. The summed E-state index contributed by atoms with van der Waals surface area (Å²) < 4.78 is 11.5. The maximum atomic E-state index is 6.92. The van der Waals surface area contributed by atoms with Gasteiger partial charge in [-0.1, -0.05) is 133 Å². The summed E-state index contributed by atoms with van der Waals surface area (Å²) in [5.74, 6) is 1.62. The standard InChI is InChI=1S/C53H31N5O/c1-2-14-33-29-36(26-25-32(33)13-1)51-54-52(56-53(55-51)58-44-22-10-5-17-37(44)38-18-6-11-23-45(38)58)49-46(28-27-41-40-20-8-12-24-48(40)59-50(41)49)57-43-21-9-7-19-39(43)42-30-34-15-3-4-16-35(34)31-47(42)57/h1-31H. The summed E-state index contributed by atoms with van der Waals surface area (Å²) >= 11 is 0. The van der Waals surface area contributed by atoms with Crippen LogP contribution in [-0.4, -0.2) is 24.1 Å². The quantitative estimate of drug-likeness (QED) is 0.180. The fourth-order valence-corrected chi connectivity index (χ4v) is 9.27. The van der Waals surface area contributed by atoms with Gasteiger partial charge < -0.3 is 8.98 Å². The molecule has 0 radical (unpaired) electrons. The van der Waals surface area contributed by atoms with E-state index in [2.05, 4.69) is 185 Å². The fourth-order valence-electron chi connectivity index (χ4n) is 9.27. The van der Waals surface area contributed by atoms with E-state index in [9.17, 15) is 0 Å². The van der Waals surface area contributed by atoms with Crippen LogP contribution >= 0.6 is 0 Å². The number of hydrogen-bond donors (Lipinski definition) is 0. The molecule has 0 saturated heterocycles. The molecular formula is C53H31N5O. The topological polar surface area (TPSA) is 61.7 Å². The molecule has 13 rings (SSSR count). The molecule has 4 heterocycles. The number of fused-ring (bicyclic) bond motifs is 11. The maximum absolute atomic E-state index is 6.92. The molecule has 4 aromatic heterocycles. The number of aromatic nitrogens is 5. The monoisotopic (exact) mass is 753 g/mol. The first kappa shape index (κ1) is 32.0. The van der Waals surface area contributed by atoms with E-state index >= 15 is 0 Å². The van der Waals surface area contributed by atoms with E-state index in [1.165, 1.54) is 21.5 Å². The van der Waals surface area contributed by atoms with Crippen LogP contribution < -0.4 is 0 Å². The number of benzene rings is 9. The zero-order chi connectivity index (χ0) is 38.6. The minimum absolute atomic E-state index is 0.520. The second kappa shape index (κ2) is 12.2. The molecule has 0 spiro atoms. The fraction of sp³-hybridized carbons (Fsp3) is 0. The summed E-state index contributed by atoms with van der Waals surface area (Å²) in [4.78, 5) is 16.3. The van der Waals surface area contributed by atoms with Crippen molar-refractivity contribution in [2.24, 2.45) is 0 Å². The Bertz CT molecular complexity index is 3820. The summed E-state index contributed by atoms with van der Waals surface area (Å²) in [5, 5.41) is 11.3. The van der Waals surface area contributed by atoms with Crippen molar-refractivity contribution < 1.29 is 4.42 Å². The van der Waals surface area contributed by atoms with Crippen LogP contribution in [0.1, 0.15) is 0 Å². The first-order valence-electron chi connectivity index (χ1n) is 19.9. The largest absolute Gasteiger partial charge is 0.455 e. The second-order valence-corrected chi connectivity index (χ2v) is 15.2. The first-order chi connectivity index (χ1) is 29.2. The van der Waals surface area contributed by atoms with Crippen LogP contribution in [0, 0.1) is 0 Å². The lowest BCUT2D eigenvalue weighted by atomic mass is 10.0. The molecule has 0 amide bonds. The molecule has 9 aromatic carbocycles. The highest BCUT2D eigenvalue weighted by molar-refractivity contribution is 6.16. The normalized spacial score (nSPS) is 12.1. The Balaban J connectivity index is 1.19. The number of hydrogen-bond acceptors (Lipinski definition) is 4. The molecule has 6 heteroatoms. The van der Waals surface area contributed by atoms with Gasteiger partial charge in [0, 0.05) is 37.9 Å². The van der Waals surface area contributed by atoms with E-state index < -0.39 is 0 Å². The number of para-hydroxylation sites is 4. The van der Waals surface area contributed by atoms with E-state index in [0.717, 1.165) is 82.4 Å². The van der Waals surface area contributed by atoms with E-state index in [-0.39, 0.29) is 0 Å². The highest BCUT2D eigenvalue weighted by Crippen LogP contribution is 2.43. The zero-order valence-corrected chi connectivity index (χ0v) is 31.5. The highest BCUT2D eigenvalue weighted by atomic mass is 16.3. The van der Waals surface area contributed by atoms with Crippen LogP contribution in [0.15, 0.2) is 192 Å². The van der Waals surface area contributed by atoms with Gasteiger partial charge >= 0.3 is 0 Å². The Morgan fingerprint density at radius 1 is 0.356 bits per heavy atom. The van der Waals surface area contributed by atoms with Crippen molar-refractivity contribution in [2.75, 3.05) is 0 Å². The molecule has 0 unspecified atom stereocenters. The van der Waals surface area contributed by atoms with Gasteiger partial charge in [-0.15, -0.1) is 0 Å². The lowest BCUT2D eigenvalue weighted by Gasteiger charge is -2.16. The number of rotatable bonds is 4. The molecule has 59 heavy (non-hydrogen) atoms. The van der Waals surface area contributed by atoms with Gasteiger partial charge in [0.1, 0.15) is 11.2 Å². The van der Waals surface area contributed by atoms with Crippen molar-refractivity contribution in [3.63, 3.8) is 0 Å². The smallest absolute Gasteiger partial charge is 0.238 e. The van der Waals surface area contributed by atoms with E-state index in [4.69, 9.17) is 19.4 Å². The van der Waals surface area contributed by atoms with Crippen molar-refractivity contribution in [3.8, 4) is 34.4 Å². The summed E-state index contributed by atoms with van der Waals surface area (Å²) in [6, 6.07) is 66.2.